The molecule has 1 aromatic carbocycles. The van der Waals surface area contributed by atoms with Gasteiger partial charge in [0.25, 0.3) is 10.0 Å². The highest BCUT2D eigenvalue weighted by atomic mass is 32.2. The van der Waals surface area contributed by atoms with Gasteiger partial charge in [0, 0.05) is 30.2 Å². The fourth-order valence-electron chi connectivity index (χ4n) is 3.62. The minimum absolute atomic E-state index is 0.139. The molecule has 2 heterocycles. The molecular weight excluding hydrogens is 473 g/mol. The number of benzene rings is 1. The number of sulfonamides is 1. The van der Waals surface area contributed by atoms with Crippen LogP contribution in [-0.2, 0) is 26.8 Å². The van der Waals surface area contributed by atoms with Gasteiger partial charge in [0.15, 0.2) is 0 Å². The molecular formula is C25H28FN3O5S. The summed E-state index contributed by atoms with van der Waals surface area (Å²) in [6, 6.07) is 7.18. The van der Waals surface area contributed by atoms with Crippen molar-refractivity contribution in [1.29, 1.82) is 0 Å². The van der Waals surface area contributed by atoms with Gasteiger partial charge < -0.3 is 9.84 Å². The molecule has 0 unspecified atom stereocenters. The van der Waals surface area contributed by atoms with Crippen LogP contribution in [0.4, 0.5) is 4.39 Å². The minimum atomic E-state index is -4.27. The number of carbonyl (C=O) groups is 1. The van der Waals surface area contributed by atoms with E-state index in [1.54, 1.807) is 12.1 Å². The van der Waals surface area contributed by atoms with E-state index in [1.165, 1.54) is 51.6 Å². The van der Waals surface area contributed by atoms with E-state index >= 15 is 0 Å². The summed E-state index contributed by atoms with van der Waals surface area (Å²) in [6.07, 6.45) is 3.64. The van der Waals surface area contributed by atoms with Crippen molar-refractivity contribution >= 4 is 15.9 Å². The van der Waals surface area contributed by atoms with E-state index in [-0.39, 0.29) is 22.8 Å². The van der Waals surface area contributed by atoms with E-state index in [1.807, 2.05) is 13.8 Å². The van der Waals surface area contributed by atoms with Crippen LogP contribution >= 0.6 is 0 Å². The van der Waals surface area contributed by atoms with Gasteiger partial charge in [-0.25, -0.2) is 22.5 Å². The monoisotopic (exact) mass is 501 g/mol. The first-order valence-electron chi connectivity index (χ1n) is 10.9. The maximum absolute atomic E-state index is 14.5. The molecule has 0 spiro atoms. The van der Waals surface area contributed by atoms with E-state index in [4.69, 9.17) is 4.74 Å². The number of aliphatic hydroxyl groups is 1. The SMILES string of the molecule is COc1cc(-c2cc(F)cc(C(C)C)c2CC(=O)NS(=O)(=O)c2cncc(C(C)(C)O)c2)ccn1. The average molecular weight is 502 g/mol. The number of halogens is 1. The van der Waals surface area contributed by atoms with Gasteiger partial charge in [0.1, 0.15) is 10.7 Å². The molecule has 35 heavy (non-hydrogen) atoms. The van der Waals surface area contributed by atoms with Crippen LogP contribution in [0.5, 0.6) is 5.88 Å². The zero-order valence-electron chi connectivity index (χ0n) is 20.2. The van der Waals surface area contributed by atoms with Crippen molar-refractivity contribution in [2.45, 2.75) is 50.5 Å². The van der Waals surface area contributed by atoms with Crippen molar-refractivity contribution in [2.24, 2.45) is 0 Å². The molecule has 0 saturated carbocycles. The van der Waals surface area contributed by atoms with Crippen molar-refractivity contribution in [1.82, 2.24) is 14.7 Å². The summed E-state index contributed by atoms with van der Waals surface area (Å²) >= 11 is 0. The highest BCUT2D eigenvalue weighted by Crippen LogP contribution is 2.33. The fourth-order valence-corrected chi connectivity index (χ4v) is 4.59. The first kappa shape index (κ1) is 26.2. The molecule has 2 N–H and O–H groups in total. The normalized spacial score (nSPS) is 12.0. The number of hydrogen-bond donors (Lipinski definition) is 2. The van der Waals surface area contributed by atoms with Crippen LogP contribution in [0.15, 0.2) is 53.8 Å². The second-order valence-corrected chi connectivity index (χ2v) is 10.6. The zero-order chi connectivity index (χ0) is 26.0. The van der Waals surface area contributed by atoms with E-state index in [0.29, 0.717) is 28.1 Å². The van der Waals surface area contributed by atoms with Gasteiger partial charge in [-0.2, -0.15) is 0 Å². The summed E-state index contributed by atoms with van der Waals surface area (Å²) in [5, 5.41) is 10.2. The molecule has 2 aromatic heterocycles. The van der Waals surface area contributed by atoms with E-state index in [2.05, 4.69) is 14.7 Å². The zero-order valence-corrected chi connectivity index (χ0v) is 21.0. The molecule has 0 saturated heterocycles. The number of pyridine rings is 2. The summed E-state index contributed by atoms with van der Waals surface area (Å²) in [4.78, 5) is 20.6. The second kappa shape index (κ2) is 10.1. The second-order valence-electron chi connectivity index (χ2n) is 8.94. The van der Waals surface area contributed by atoms with E-state index in [9.17, 15) is 22.7 Å². The van der Waals surface area contributed by atoms with Gasteiger partial charge in [-0.1, -0.05) is 13.8 Å². The van der Waals surface area contributed by atoms with Crippen molar-refractivity contribution in [3.05, 3.63) is 71.4 Å². The van der Waals surface area contributed by atoms with Crippen molar-refractivity contribution in [3.63, 3.8) is 0 Å². The highest BCUT2D eigenvalue weighted by molar-refractivity contribution is 7.90. The molecule has 0 fully saturated rings. The number of rotatable bonds is 8. The number of nitrogens with one attached hydrogen (secondary N) is 1. The van der Waals surface area contributed by atoms with Gasteiger partial charge in [-0.3, -0.25) is 9.78 Å². The molecule has 3 rings (SSSR count). The number of carbonyl (C=O) groups excluding carboxylic acids is 1. The molecule has 186 valence electrons. The molecule has 0 aliphatic carbocycles. The molecule has 0 atom stereocenters. The molecule has 0 bridgehead atoms. The Morgan fingerprint density at radius 2 is 1.91 bits per heavy atom. The number of nitrogens with zero attached hydrogens (tertiary/aromatic N) is 2. The first-order chi connectivity index (χ1) is 16.3. The maximum Gasteiger partial charge on any atom is 0.265 e. The van der Waals surface area contributed by atoms with Crippen LogP contribution in [0.1, 0.15) is 50.3 Å². The lowest BCUT2D eigenvalue weighted by Crippen LogP contribution is -2.32. The Morgan fingerprint density at radius 1 is 1.20 bits per heavy atom. The van der Waals surface area contributed by atoms with Crippen molar-refractivity contribution in [2.75, 3.05) is 7.11 Å². The summed E-state index contributed by atoms with van der Waals surface area (Å²) in [7, 11) is -2.81. The lowest BCUT2D eigenvalue weighted by molar-refractivity contribution is -0.118. The molecule has 0 radical (unpaired) electrons. The summed E-state index contributed by atoms with van der Waals surface area (Å²) in [6.45, 7) is 6.71. The molecule has 0 aliphatic heterocycles. The third-order valence-electron chi connectivity index (χ3n) is 5.44. The smallest absolute Gasteiger partial charge is 0.265 e. The highest BCUT2D eigenvalue weighted by Gasteiger charge is 2.25. The standard InChI is InChI=1S/C25H28FN3O5S/c1-15(2)20-10-18(26)11-21(16-6-7-28-24(8-16)34-5)22(20)12-23(30)29-35(32,33)19-9-17(13-27-14-19)25(3,4)31/h6-11,13-15,31H,12H2,1-5H3,(H,29,30). The number of ether oxygens (including phenoxy) is 1. The summed E-state index contributed by atoms with van der Waals surface area (Å²) < 4.78 is 47.5. The van der Waals surface area contributed by atoms with Crippen LogP contribution < -0.4 is 9.46 Å². The van der Waals surface area contributed by atoms with Crippen molar-refractivity contribution < 1.29 is 27.4 Å². The quantitative estimate of drug-likeness (QED) is 0.483. The fraction of sp³-hybridized carbons (Fsp3) is 0.320. The predicted molar refractivity (Wildman–Crippen MR) is 129 cm³/mol. The Kier molecular flexibility index (Phi) is 7.56. The predicted octanol–water partition coefficient (Wildman–Crippen LogP) is 3.69. The van der Waals surface area contributed by atoms with Gasteiger partial charge in [0.05, 0.1) is 19.1 Å². The van der Waals surface area contributed by atoms with Gasteiger partial charge in [-0.15, -0.1) is 0 Å². The maximum atomic E-state index is 14.5. The van der Waals surface area contributed by atoms with Crippen LogP contribution in [-0.4, -0.2) is 36.5 Å². The average Bonchev–Trinajstić information content (AvgIpc) is 2.79. The molecule has 3 aromatic rings. The third kappa shape index (κ3) is 6.20. The number of hydrogen-bond acceptors (Lipinski definition) is 7. The van der Waals surface area contributed by atoms with E-state index in [0.717, 1.165) is 6.20 Å². The third-order valence-corrected chi connectivity index (χ3v) is 6.78. The summed E-state index contributed by atoms with van der Waals surface area (Å²) in [5.74, 6) is -1.10. The number of aromatic nitrogens is 2. The van der Waals surface area contributed by atoms with Crippen LogP contribution in [0.2, 0.25) is 0 Å². The number of amides is 1. The lowest BCUT2D eigenvalue weighted by Gasteiger charge is -2.19. The molecule has 10 heteroatoms. The summed E-state index contributed by atoms with van der Waals surface area (Å²) in [5.41, 5.74) is 1.05. The Labute approximate surface area is 204 Å². The van der Waals surface area contributed by atoms with Crippen LogP contribution in [0, 0.1) is 5.82 Å². The molecule has 8 nitrogen and oxygen atoms in total. The lowest BCUT2D eigenvalue weighted by atomic mass is 9.88. The van der Waals surface area contributed by atoms with Gasteiger partial charge in [-0.05, 0) is 66.3 Å². The van der Waals surface area contributed by atoms with Crippen LogP contribution in [0.25, 0.3) is 11.1 Å². The Bertz CT molecular complexity index is 1350. The van der Waals surface area contributed by atoms with Gasteiger partial charge >= 0.3 is 0 Å². The molecule has 0 aliphatic rings. The Morgan fingerprint density at radius 3 is 2.54 bits per heavy atom. The first-order valence-corrected chi connectivity index (χ1v) is 12.4. The van der Waals surface area contributed by atoms with Crippen LogP contribution in [0.3, 0.4) is 0 Å². The minimum Gasteiger partial charge on any atom is -0.481 e. The largest absolute Gasteiger partial charge is 0.481 e. The Balaban J connectivity index is 1.99. The van der Waals surface area contributed by atoms with E-state index < -0.39 is 27.3 Å². The number of methoxy groups -OCH3 is 1. The Hall–Kier alpha value is -3.37. The topological polar surface area (TPSA) is 118 Å². The molecule has 1 amide bonds. The van der Waals surface area contributed by atoms with Crippen molar-refractivity contribution in [3.8, 4) is 17.0 Å². The van der Waals surface area contributed by atoms with Gasteiger partial charge in [0.2, 0.25) is 11.8 Å².